The Labute approximate surface area is 131 Å². The van der Waals surface area contributed by atoms with E-state index in [1.807, 2.05) is 12.1 Å². The molecule has 0 spiro atoms. The van der Waals surface area contributed by atoms with Crippen LogP contribution in [0.4, 0.5) is 11.4 Å². The lowest BCUT2D eigenvalue weighted by atomic mass is 10.3. The van der Waals surface area contributed by atoms with E-state index in [2.05, 4.69) is 10.6 Å². The summed E-state index contributed by atoms with van der Waals surface area (Å²) in [5, 5.41) is 6.90. The van der Waals surface area contributed by atoms with Crippen molar-refractivity contribution in [1.82, 2.24) is 0 Å². The fourth-order valence-electron chi connectivity index (χ4n) is 1.57. The Morgan fingerprint density at radius 3 is 2.30 bits per heavy atom. The summed E-state index contributed by atoms with van der Waals surface area (Å²) in [6.45, 7) is 0.0760. The fourth-order valence-corrected chi connectivity index (χ4v) is 2.13. The van der Waals surface area contributed by atoms with Crippen molar-refractivity contribution in [2.75, 3.05) is 17.2 Å². The van der Waals surface area contributed by atoms with Gasteiger partial charge in [-0.1, -0.05) is 53.0 Å². The van der Waals surface area contributed by atoms with Crippen LogP contribution in [0.5, 0.6) is 0 Å². The number of halogens is 3. The van der Waals surface area contributed by atoms with Gasteiger partial charge < -0.3 is 10.6 Å². The SMILES string of the molecule is O=C(CNc1ccccc1Cl)Nc1cccc(Cl)c1Cl. The predicted octanol–water partition coefficient (Wildman–Crippen LogP) is 4.70. The predicted molar refractivity (Wildman–Crippen MR) is 85.0 cm³/mol. The summed E-state index contributed by atoms with van der Waals surface area (Å²) >= 11 is 17.8. The smallest absolute Gasteiger partial charge is 0.243 e. The molecule has 20 heavy (non-hydrogen) atoms. The molecule has 2 rings (SSSR count). The normalized spacial score (nSPS) is 10.2. The molecule has 0 heterocycles. The van der Waals surface area contributed by atoms with Gasteiger partial charge in [0, 0.05) is 0 Å². The summed E-state index contributed by atoms with van der Waals surface area (Å²) in [4.78, 5) is 11.8. The zero-order chi connectivity index (χ0) is 14.5. The van der Waals surface area contributed by atoms with Crippen molar-refractivity contribution in [1.29, 1.82) is 0 Å². The maximum absolute atomic E-state index is 11.8. The van der Waals surface area contributed by atoms with Crippen molar-refractivity contribution in [2.24, 2.45) is 0 Å². The zero-order valence-corrected chi connectivity index (χ0v) is 12.6. The number of amides is 1. The number of hydrogen-bond donors (Lipinski definition) is 2. The second-order valence-corrected chi connectivity index (χ2v) is 5.18. The van der Waals surface area contributed by atoms with Crippen LogP contribution in [-0.2, 0) is 4.79 Å². The van der Waals surface area contributed by atoms with E-state index in [4.69, 9.17) is 34.8 Å². The Morgan fingerprint density at radius 1 is 0.900 bits per heavy atom. The van der Waals surface area contributed by atoms with E-state index in [0.29, 0.717) is 26.4 Å². The van der Waals surface area contributed by atoms with Crippen LogP contribution in [-0.4, -0.2) is 12.5 Å². The third kappa shape index (κ3) is 3.79. The van der Waals surface area contributed by atoms with Crippen LogP contribution in [0, 0.1) is 0 Å². The Balaban J connectivity index is 1.96. The van der Waals surface area contributed by atoms with Gasteiger partial charge in [0.25, 0.3) is 0 Å². The lowest BCUT2D eigenvalue weighted by molar-refractivity contribution is -0.114. The summed E-state index contributed by atoms with van der Waals surface area (Å²) < 4.78 is 0. The summed E-state index contributed by atoms with van der Waals surface area (Å²) in [6.07, 6.45) is 0. The van der Waals surface area contributed by atoms with E-state index in [1.165, 1.54) is 0 Å². The molecule has 0 fully saturated rings. The first kappa shape index (κ1) is 15.0. The molecule has 0 aliphatic rings. The molecular weight excluding hydrogens is 319 g/mol. The monoisotopic (exact) mass is 328 g/mol. The van der Waals surface area contributed by atoms with E-state index in [1.54, 1.807) is 30.3 Å². The molecule has 0 radical (unpaired) electrons. The molecule has 0 unspecified atom stereocenters. The van der Waals surface area contributed by atoms with E-state index in [9.17, 15) is 4.79 Å². The topological polar surface area (TPSA) is 41.1 Å². The Hall–Kier alpha value is -1.42. The number of nitrogens with one attached hydrogen (secondary N) is 2. The molecule has 2 aromatic carbocycles. The van der Waals surface area contributed by atoms with Gasteiger partial charge in [-0.15, -0.1) is 0 Å². The zero-order valence-electron chi connectivity index (χ0n) is 10.3. The Kier molecular flexibility index (Phi) is 5.12. The highest BCUT2D eigenvalue weighted by Gasteiger charge is 2.08. The standard InChI is InChI=1S/C14H11Cl3N2O/c15-9-4-1-2-6-11(9)18-8-13(20)19-12-7-3-5-10(16)14(12)17/h1-7,18H,8H2,(H,19,20). The van der Waals surface area contributed by atoms with Gasteiger partial charge in [-0.2, -0.15) is 0 Å². The minimum Gasteiger partial charge on any atom is -0.375 e. The van der Waals surface area contributed by atoms with E-state index in [0.717, 1.165) is 0 Å². The van der Waals surface area contributed by atoms with Crippen LogP contribution in [0.25, 0.3) is 0 Å². The van der Waals surface area contributed by atoms with Crippen LogP contribution in [0.2, 0.25) is 15.1 Å². The number of para-hydroxylation sites is 1. The molecule has 104 valence electrons. The number of benzene rings is 2. The highest BCUT2D eigenvalue weighted by atomic mass is 35.5. The first-order valence-corrected chi connectivity index (χ1v) is 6.93. The number of rotatable bonds is 4. The lowest BCUT2D eigenvalue weighted by Gasteiger charge is -2.10. The molecule has 3 nitrogen and oxygen atoms in total. The van der Waals surface area contributed by atoms with Gasteiger partial charge in [0.1, 0.15) is 0 Å². The molecule has 0 aliphatic carbocycles. The number of carbonyl (C=O) groups excluding carboxylic acids is 1. The molecule has 0 atom stereocenters. The average Bonchev–Trinajstić information content (AvgIpc) is 2.43. The Bertz CT molecular complexity index is 632. The van der Waals surface area contributed by atoms with Crippen LogP contribution < -0.4 is 10.6 Å². The number of hydrogen-bond acceptors (Lipinski definition) is 2. The summed E-state index contributed by atoms with van der Waals surface area (Å²) in [5.41, 5.74) is 1.17. The van der Waals surface area contributed by atoms with E-state index < -0.39 is 0 Å². The second-order valence-electron chi connectivity index (χ2n) is 3.98. The van der Waals surface area contributed by atoms with Gasteiger partial charge in [0.15, 0.2) is 0 Å². The highest BCUT2D eigenvalue weighted by molar-refractivity contribution is 6.44. The van der Waals surface area contributed by atoms with Crippen molar-refractivity contribution in [2.45, 2.75) is 0 Å². The van der Waals surface area contributed by atoms with Crippen LogP contribution in [0.3, 0.4) is 0 Å². The molecule has 6 heteroatoms. The van der Waals surface area contributed by atoms with Gasteiger partial charge in [-0.25, -0.2) is 0 Å². The van der Waals surface area contributed by atoms with Crippen molar-refractivity contribution in [3.63, 3.8) is 0 Å². The van der Waals surface area contributed by atoms with Gasteiger partial charge in [-0.3, -0.25) is 4.79 Å². The molecule has 0 saturated carbocycles. The molecule has 2 N–H and O–H groups in total. The van der Waals surface area contributed by atoms with Crippen molar-refractivity contribution in [3.05, 3.63) is 57.5 Å². The molecule has 0 saturated heterocycles. The highest BCUT2D eigenvalue weighted by Crippen LogP contribution is 2.29. The quantitative estimate of drug-likeness (QED) is 0.854. The summed E-state index contributed by atoms with van der Waals surface area (Å²) in [7, 11) is 0. The van der Waals surface area contributed by atoms with E-state index in [-0.39, 0.29) is 12.5 Å². The van der Waals surface area contributed by atoms with E-state index >= 15 is 0 Å². The molecular formula is C14H11Cl3N2O. The number of anilines is 2. The average molecular weight is 330 g/mol. The minimum absolute atomic E-state index is 0.0760. The third-order valence-electron chi connectivity index (χ3n) is 2.54. The largest absolute Gasteiger partial charge is 0.375 e. The van der Waals surface area contributed by atoms with Gasteiger partial charge >= 0.3 is 0 Å². The van der Waals surface area contributed by atoms with Crippen molar-refractivity contribution >= 4 is 52.1 Å². The van der Waals surface area contributed by atoms with Gasteiger partial charge in [0.05, 0.1) is 33.0 Å². The van der Waals surface area contributed by atoms with Gasteiger partial charge in [-0.05, 0) is 24.3 Å². The minimum atomic E-state index is -0.242. The maximum Gasteiger partial charge on any atom is 0.243 e. The van der Waals surface area contributed by atoms with Crippen molar-refractivity contribution < 1.29 is 4.79 Å². The lowest BCUT2D eigenvalue weighted by Crippen LogP contribution is -2.22. The number of carbonyl (C=O) groups is 1. The fraction of sp³-hybridized carbons (Fsp3) is 0.0714. The Morgan fingerprint density at radius 2 is 1.55 bits per heavy atom. The molecule has 0 aliphatic heterocycles. The summed E-state index contributed by atoms with van der Waals surface area (Å²) in [6, 6.07) is 12.2. The maximum atomic E-state index is 11.8. The van der Waals surface area contributed by atoms with Crippen LogP contribution in [0.1, 0.15) is 0 Å². The first-order valence-electron chi connectivity index (χ1n) is 5.80. The van der Waals surface area contributed by atoms with Crippen molar-refractivity contribution in [3.8, 4) is 0 Å². The molecule has 0 bridgehead atoms. The first-order chi connectivity index (χ1) is 9.58. The third-order valence-corrected chi connectivity index (χ3v) is 3.69. The molecule has 0 aromatic heterocycles. The second kappa shape index (κ2) is 6.84. The van der Waals surface area contributed by atoms with Crippen LogP contribution in [0.15, 0.2) is 42.5 Å². The summed E-state index contributed by atoms with van der Waals surface area (Å²) in [5.74, 6) is -0.242. The molecule has 2 aromatic rings. The van der Waals surface area contributed by atoms with Gasteiger partial charge in [0.2, 0.25) is 5.91 Å². The van der Waals surface area contributed by atoms with Crippen LogP contribution >= 0.6 is 34.8 Å². The molecule has 1 amide bonds.